The minimum Gasteiger partial charge on any atom is -0.481 e. The van der Waals surface area contributed by atoms with Gasteiger partial charge in [-0.3, -0.25) is 4.79 Å². The van der Waals surface area contributed by atoms with E-state index in [2.05, 4.69) is 0 Å². The van der Waals surface area contributed by atoms with Crippen molar-refractivity contribution >= 4 is 5.97 Å². The van der Waals surface area contributed by atoms with E-state index in [1.165, 1.54) is 0 Å². The number of carboxylic acids is 1. The molecular weight excluding hydrogens is 134 g/mol. The van der Waals surface area contributed by atoms with Crippen LogP contribution in [-0.2, 0) is 4.79 Å². The van der Waals surface area contributed by atoms with Gasteiger partial charge in [-0.05, 0) is 12.8 Å². The zero-order valence-electron chi connectivity index (χ0n) is 5.53. The summed E-state index contributed by atoms with van der Waals surface area (Å²) >= 11 is 0. The summed E-state index contributed by atoms with van der Waals surface area (Å²) in [6.45, 7) is 0. The smallest absolute Gasteiger partial charge is 0.308 e. The first kappa shape index (κ1) is 7.50. The van der Waals surface area contributed by atoms with E-state index in [1.807, 2.05) is 0 Å². The Kier molecular flexibility index (Phi) is 1.92. The van der Waals surface area contributed by atoms with Gasteiger partial charge in [0, 0.05) is 6.04 Å². The Morgan fingerprint density at radius 2 is 2.10 bits per heavy atom. The van der Waals surface area contributed by atoms with Crippen LogP contribution in [0.15, 0.2) is 0 Å². The van der Waals surface area contributed by atoms with E-state index in [0.717, 1.165) is 0 Å². The molecule has 0 aliphatic heterocycles. The second-order valence-corrected chi connectivity index (χ2v) is 2.73. The van der Waals surface area contributed by atoms with E-state index < -0.39 is 18.0 Å². The Balaban J connectivity index is 2.54. The van der Waals surface area contributed by atoms with Crippen LogP contribution in [0.5, 0.6) is 0 Å². The molecule has 1 rings (SSSR count). The normalized spacial score (nSPS) is 40.0. The van der Waals surface area contributed by atoms with E-state index in [-0.39, 0.29) is 6.04 Å². The molecule has 1 saturated carbocycles. The maximum Gasteiger partial charge on any atom is 0.308 e. The molecular formula is C6H11NO3. The van der Waals surface area contributed by atoms with E-state index in [4.69, 9.17) is 15.9 Å². The van der Waals surface area contributed by atoms with Crippen molar-refractivity contribution in [1.29, 1.82) is 0 Å². The predicted molar refractivity (Wildman–Crippen MR) is 34.3 cm³/mol. The lowest BCUT2D eigenvalue weighted by atomic mass is 10.1. The molecule has 0 spiro atoms. The molecule has 0 bridgehead atoms. The van der Waals surface area contributed by atoms with Crippen LogP contribution in [0.3, 0.4) is 0 Å². The average Bonchev–Trinajstić information content (AvgIpc) is 2.10. The lowest BCUT2D eigenvalue weighted by molar-refractivity contribution is -0.142. The number of carboxylic acid groups (broad SMARTS) is 1. The molecule has 0 unspecified atom stereocenters. The number of hydrogen-bond acceptors (Lipinski definition) is 3. The maximum atomic E-state index is 10.4. The van der Waals surface area contributed by atoms with Crippen molar-refractivity contribution in [2.45, 2.75) is 25.0 Å². The number of carbonyl (C=O) groups is 1. The number of aliphatic hydroxyl groups is 1. The van der Waals surface area contributed by atoms with Crippen LogP contribution < -0.4 is 5.73 Å². The summed E-state index contributed by atoms with van der Waals surface area (Å²) in [4.78, 5) is 10.4. The summed E-state index contributed by atoms with van der Waals surface area (Å²) in [5.74, 6) is -1.45. The fourth-order valence-corrected chi connectivity index (χ4v) is 1.33. The summed E-state index contributed by atoms with van der Waals surface area (Å²) in [6.07, 6.45) is 0.198. The molecule has 0 aromatic carbocycles. The summed E-state index contributed by atoms with van der Waals surface area (Å²) in [5.41, 5.74) is 5.43. The molecule has 0 saturated heterocycles. The quantitative estimate of drug-likeness (QED) is 0.449. The van der Waals surface area contributed by atoms with Crippen molar-refractivity contribution in [3.8, 4) is 0 Å². The third-order valence-electron chi connectivity index (χ3n) is 1.90. The van der Waals surface area contributed by atoms with Gasteiger partial charge in [-0.2, -0.15) is 0 Å². The summed E-state index contributed by atoms with van der Waals surface area (Å²) in [6, 6.07) is -0.368. The molecule has 1 aliphatic rings. The number of rotatable bonds is 1. The second kappa shape index (κ2) is 2.56. The number of aliphatic hydroxyl groups excluding tert-OH is 1. The topological polar surface area (TPSA) is 83.5 Å². The molecule has 0 amide bonds. The standard InChI is InChI=1S/C6H11NO3/c7-5-2-3(8)1-4(5)6(9)10/h3-5,8H,1-2,7H2,(H,9,10)/t3-,4+,5-/m1/s1. The van der Waals surface area contributed by atoms with Gasteiger partial charge in [0.05, 0.1) is 12.0 Å². The first-order chi connectivity index (χ1) is 4.61. The first-order valence-corrected chi connectivity index (χ1v) is 3.27. The fraction of sp³-hybridized carbons (Fsp3) is 0.833. The van der Waals surface area contributed by atoms with Crippen molar-refractivity contribution in [3.63, 3.8) is 0 Å². The van der Waals surface area contributed by atoms with E-state index in [1.54, 1.807) is 0 Å². The summed E-state index contributed by atoms with van der Waals surface area (Å²) < 4.78 is 0. The zero-order chi connectivity index (χ0) is 7.72. The largest absolute Gasteiger partial charge is 0.481 e. The van der Waals surface area contributed by atoms with E-state index in [0.29, 0.717) is 12.8 Å². The van der Waals surface area contributed by atoms with Crippen molar-refractivity contribution in [1.82, 2.24) is 0 Å². The Morgan fingerprint density at radius 1 is 1.50 bits per heavy atom. The molecule has 3 atom stereocenters. The van der Waals surface area contributed by atoms with Gasteiger partial charge in [0.15, 0.2) is 0 Å². The highest BCUT2D eigenvalue weighted by Gasteiger charge is 2.35. The molecule has 4 N–H and O–H groups in total. The van der Waals surface area contributed by atoms with Crippen LogP contribution in [0, 0.1) is 5.92 Å². The molecule has 4 heteroatoms. The molecule has 0 heterocycles. The SMILES string of the molecule is N[C@@H]1C[C@H](O)C[C@@H]1C(=O)O. The predicted octanol–water partition coefficient (Wildman–Crippen LogP) is -0.831. The number of nitrogens with two attached hydrogens (primary N) is 1. The van der Waals surface area contributed by atoms with Gasteiger partial charge < -0.3 is 15.9 Å². The Labute approximate surface area is 58.6 Å². The van der Waals surface area contributed by atoms with Crippen LogP contribution in [0.25, 0.3) is 0 Å². The monoisotopic (exact) mass is 145 g/mol. The molecule has 58 valence electrons. The molecule has 10 heavy (non-hydrogen) atoms. The fourth-order valence-electron chi connectivity index (χ4n) is 1.33. The number of aliphatic carboxylic acids is 1. The van der Waals surface area contributed by atoms with E-state index in [9.17, 15) is 4.79 Å². The maximum absolute atomic E-state index is 10.4. The van der Waals surface area contributed by atoms with E-state index >= 15 is 0 Å². The minimum absolute atomic E-state index is 0.302. The van der Waals surface area contributed by atoms with Gasteiger partial charge in [0.25, 0.3) is 0 Å². The number of hydrogen-bond donors (Lipinski definition) is 3. The van der Waals surface area contributed by atoms with Gasteiger partial charge in [-0.15, -0.1) is 0 Å². The van der Waals surface area contributed by atoms with Crippen LogP contribution in [0.1, 0.15) is 12.8 Å². The summed E-state index contributed by atoms with van der Waals surface area (Å²) in [5, 5.41) is 17.5. The van der Waals surface area contributed by atoms with Gasteiger partial charge >= 0.3 is 5.97 Å². The van der Waals surface area contributed by atoms with Crippen molar-refractivity contribution in [3.05, 3.63) is 0 Å². The highest BCUT2D eigenvalue weighted by atomic mass is 16.4. The first-order valence-electron chi connectivity index (χ1n) is 3.27. The molecule has 1 fully saturated rings. The third-order valence-corrected chi connectivity index (χ3v) is 1.90. The Bertz CT molecular complexity index is 148. The highest BCUT2D eigenvalue weighted by molar-refractivity contribution is 5.71. The van der Waals surface area contributed by atoms with Crippen LogP contribution in [0.2, 0.25) is 0 Å². The third kappa shape index (κ3) is 1.27. The molecule has 0 aromatic heterocycles. The molecule has 1 aliphatic carbocycles. The average molecular weight is 145 g/mol. The second-order valence-electron chi connectivity index (χ2n) is 2.73. The van der Waals surface area contributed by atoms with Crippen LogP contribution in [0.4, 0.5) is 0 Å². The minimum atomic E-state index is -0.899. The zero-order valence-corrected chi connectivity index (χ0v) is 5.53. The van der Waals surface area contributed by atoms with Crippen LogP contribution >= 0.6 is 0 Å². The van der Waals surface area contributed by atoms with Gasteiger partial charge in [0.2, 0.25) is 0 Å². The van der Waals surface area contributed by atoms with Gasteiger partial charge in [-0.25, -0.2) is 0 Å². The lowest BCUT2D eigenvalue weighted by Gasteiger charge is -2.07. The van der Waals surface area contributed by atoms with Crippen LogP contribution in [-0.4, -0.2) is 28.3 Å². The van der Waals surface area contributed by atoms with Crippen molar-refractivity contribution < 1.29 is 15.0 Å². The summed E-state index contributed by atoms with van der Waals surface area (Å²) in [7, 11) is 0. The molecule has 0 aromatic rings. The Hall–Kier alpha value is -0.610. The molecule has 0 radical (unpaired) electrons. The van der Waals surface area contributed by atoms with Crippen molar-refractivity contribution in [2.24, 2.45) is 11.7 Å². The van der Waals surface area contributed by atoms with Crippen molar-refractivity contribution in [2.75, 3.05) is 0 Å². The highest BCUT2D eigenvalue weighted by Crippen LogP contribution is 2.24. The molecule has 4 nitrogen and oxygen atoms in total. The van der Waals surface area contributed by atoms with Gasteiger partial charge in [0.1, 0.15) is 0 Å². The Morgan fingerprint density at radius 3 is 2.30 bits per heavy atom. The van der Waals surface area contributed by atoms with Gasteiger partial charge in [-0.1, -0.05) is 0 Å². The lowest BCUT2D eigenvalue weighted by Crippen LogP contribution is -2.30.